The van der Waals surface area contributed by atoms with Crippen LogP contribution in [0.2, 0.25) is 0 Å². The normalized spacial score (nSPS) is 12.1. The summed E-state index contributed by atoms with van der Waals surface area (Å²) in [6.45, 7) is 11.0. The first-order valence-corrected chi connectivity index (χ1v) is 12.3. The van der Waals surface area contributed by atoms with E-state index in [9.17, 15) is 0 Å². The van der Waals surface area contributed by atoms with Crippen LogP contribution in [0.15, 0.2) is 77.2 Å². The molecule has 174 valence electrons. The molecular formula is C31H29N3O. The number of para-hydroxylation sites is 3. The fourth-order valence-electron chi connectivity index (χ4n) is 5.16. The number of aromatic nitrogens is 3. The molecule has 0 saturated heterocycles. The van der Waals surface area contributed by atoms with E-state index in [1.807, 2.05) is 19.1 Å². The zero-order valence-corrected chi connectivity index (χ0v) is 20.8. The number of nitrogens with zero attached hydrogens (tertiary/aromatic N) is 3. The maximum atomic E-state index is 6.43. The minimum Gasteiger partial charge on any atom is -0.455 e. The number of hydrogen-bond acceptors (Lipinski definition) is 3. The summed E-state index contributed by atoms with van der Waals surface area (Å²) in [4.78, 5) is 9.95. The van der Waals surface area contributed by atoms with Crippen LogP contribution in [-0.4, -0.2) is 14.5 Å². The second-order valence-electron chi connectivity index (χ2n) is 9.94. The van der Waals surface area contributed by atoms with Gasteiger partial charge in [-0.3, -0.25) is 4.57 Å². The number of aryl methyl sites for hydroxylation is 1. The summed E-state index contributed by atoms with van der Waals surface area (Å²) in [5.74, 6) is 1.57. The average molecular weight is 460 g/mol. The minimum atomic E-state index is 0.356. The van der Waals surface area contributed by atoms with E-state index in [0.717, 1.165) is 50.2 Å². The monoisotopic (exact) mass is 459 g/mol. The fourth-order valence-corrected chi connectivity index (χ4v) is 5.16. The van der Waals surface area contributed by atoms with Gasteiger partial charge in [-0.05, 0) is 54.2 Å². The Morgan fingerprint density at radius 3 is 2.14 bits per heavy atom. The van der Waals surface area contributed by atoms with Gasteiger partial charge in [0.15, 0.2) is 11.5 Å². The molecular weight excluding hydrogens is 430 g/mol. The highest BCUT2D eigenvalue weighted by Crippen LogP contribution is 2.40. The summed E-state index contributed by atoms with van der Waals surface area (Å²) in [7, 11) is 0. The Labute approximate surface area is 205 Å². The van der Waals surface area contributed by atoms with Crippen molar-refractivity contribution in [3.05, 3.63) is 89.6 Å². The van der Waals surface area contributed by atoms with Crippen LogP contribution in [0.5, 0.6) is 0 Å². The number of imidazole rings is 1. The van der Waals surface area contributed by atoms with Crippen molar-refractivity contribution in [1.29, 1.82) is 0 Å². The highest BCUT2D eigenvalue weighted by atomic mass is 16.3. The van der Waals surface area contributed by atoms with E-state index in [-0.39, 0.29) is 0 Å². The summed E-state index contributed by atoms with van der Waals surface area (Å²) < 4.78 is 8.74. The van der Waals surface area contributed by atoms with Crippen molar-refractivity contribution in [2.75, 3.05) is 0 Å². The lowest BCUT2D eigenvalue weighted by Gasteiger charge is -2.22. The average Bonchev–Trinajstić information content (AvgIpc) is 3.41. The van der Waals surface area contributed by atoms with Crippen molar-refractivity contribution in [1.82, 2.24) is 14.5 Å². The van der Waals surface area contributed by atoms with Crippen LogP contribution in [0.3, 0.4) is 0 Å². The molecule has 0 aliphatic carbocycles. The Morgan fingerprint density at radius 2 is 1.40 bits per heavy atom. The summed E-state index contributed by atoms with van der Waals surface area (Å²) in [5, 5.41) is 2.22. The van der Waals surface area contributed by atoms with Gasteiger partial charge < -0.3 is 4.42 Å². The van der Waals surface area contributed by atoms with E-state index >= 15 is 0 Å². The first kappa shape index (κ1) is 21.6. The van der Waals surface area contributed by atoms with E-state index in [1.54, 1.807) is 0 Å². The molecule has 3 aromatic heterocycles. The highest BCUT2D eigenvalue weighted by molar-refractivity contribution is 6.09. The molecule has 0 aliphatic rings. The van der Waals surface area contributed by atoms with Gasteiger partial charge in [-0.2, -0.15) is 0 Å². The van der Waals surface area contributed by atoms with E-state index in [0.29, 0.717) is 11.8 Å². The Hall–Kier alpha value is -3.92. The predicted molar refractivity (Wildman–Crippen MR) is 144 cm³/mol. The van der Waals surface area contributed by atoms with Crippen molar-refractivity contribution in [3.8, 4) is 17.1 Å². The Balaban J connectivity index is 1.78. The molecule has 0 N–H and O–H groups in total. The molecule has 3 heterocycles. The molecule has 0 saturated carbocycles. The van der Waals surface area contributed by atoms with Crippen LogP contribution in [0.1, 0.15) is 56.4 Å². The van der Waals surface area contributed by atoms with Crippen molar-refractivity contribution < 1.29 is 4.42 Å². The second kappa shape index (κ2) is 8.09. The molecule has 6 aromatic rings. The molecule has 0 amide bonds. The lowest BCUT2D eigenvalue weighted by molar-refractivity contribution is 0.669. The van der Waals surface area contributed by atoms with Gasteiger partial charge in [0.2, 0.25) is 0 Å². The van der Waals surface area contributed by atoms with Crippen molar-refractivity contribution >= 4 is 33.1 Å². The number of furan rings is 1. The van der Waals surface area contributed by atoms with E-state index in [1.165, 1.54) is 16.8 Å². The molecule has 6 rings (SSSR count). The molecule has 0 radical (unpaired) electrons. The first-order valence-electron chi connectivity index (χ1n) is 12.3. The van der Waals surface area contributed by atoms with Gasteiger partial charge in [0.25, 0.3) is 0 Å². The van der Waals surface area contributed by atoms with Crippen LogP contribution in [0.4, 0.5) is 0 Å². The standard InChI is InChI=1S/C31H29N3O/c1-18(2)21-11-8-12-22(19(3)4)28(21)34-26-17-16-20(5)32-30(26)33-31(34)25-14-9-13-24-23-10-6-7-15-27(23)35-29(24)25/h6-19H,1-5H3. The molecule has 0 unspecified atom stereocenters. The molecule has 0 atom stereocenters. The molecule has 4 nitrogen and oxygen atoms in total. The number of benzene rings is 3. The molecule has 4 heteroatoms. The van der Waals surface area contributed by atoms with Gasteiger partial charge in [-0.1, -0.05) is 76.2 Å². The smallest absolute Gasteiger partial charge is 0.178 e. The number of hydrogen-bond donors (Lipinski definition) is 0. The zero-order chi connectivity index (χ0) is 24.3. The van der Waals surface area contributed by atoms with Crippen molar-refractivity contribution in [3.63, 3.8) is 0 Å². The van der Waals surface area contributed by atoms with Crippen LogP contribution in [-0.2, 0) is 0 Å². The zero-order valence-electron chi connectivity index (χ0n) is 20.8. The molecule has 3 aromatic carbocycles. The number of rotatable bonds is 4. The maximum Gasteiger partial charge on any atom is 0.178 e. The van der Waals surface area contributed by atoms with E-state index < -0.39 is 0 Å². The van der Waals surface area contributed by atoms with Crippen LogP contribution in [0.25, 0.3) is 50.2 Å². The molecule has 0 aliphatic heterocycles. The molecule has 35 heavy (non-hydrogen) atoms. The summed E-state index contributed by atoms with van der Waals surface area (Å²) >= 11 is 0. The van der Waals surface area contributed by atoms with Crippen LogP contribution in [0, 0.1) is 6.92 Å². The SMILES string of the molecule is Cc1ccc2c(n1)nc(-c1cccc3c1oc1ccccc13)n2-c1c(C(C)C)cccc1C(C)C. The molecule has 0 fully saturated rings. The molecule has 0 bridgehead atoms. The Kier molecular flexibility index (Phi) is 4.99. The third kappa shape index (κ3) is 3.35. The molecule has 0 spiro atoms. The number of fused-ring (bicyclic) bond motifs is 4. The highest BCUT2D eigenvalue weighted by Gasteiger charge is 2.24. The largest absolute Gasteiger partial charge is 0.455 e. The van der Waals surface area contributed by atoms with Gasteiger partial charge in [-0.15, -0.1) is 0 Å². The third-order valence-corrected chi connectivity index (χ3v) is 6.87. The van der Waals surface area contributed by atoms with Gasteiger partial charge >= 0.3 is 0 Å². The first-order chi connectivity index (χ1) is 16.9. The Morgan fingerprint density at radius 1 is 0.714 bits per heavy atom. The summed E-state index contributed by atoms with van der Waals surface area (Å²) in [5.41, 5.74) is 9.23. The Bertz CT molecular complexity index is 1690. The van der Waals surface area contributed by atoms with E-state index in [2.05, 4.69) is 92.9 Å². The topological polar surface area (TPSA) is 43.9 Å². The van der Waals surface area contributed by atoms with Crippen molar-refractivity contribution in [2.45, 2.75) is 46.5 Å². The van der Waals surface area contributed by atoms with Crippen LogP contribution >= 0.6 is 0 Å². The van der Waals surface area contributed by atoms with Gasteiger partial charge in [-0.25, -0.2) is 9.97 Å². The number of pyridine rings is 1. The lowest BCUT2D eigenvalue weighted by Crippen LogP contribution is -2.08. The summed E-state index contributed by atoms with van der Waals surface area (Å²) in [6.07, 6.45) is 0. The van der Waals surface area contributed by atoms with Crippen molar-refractivity contribution in [2.24, 2.45) is 0 Å². The third-order valence-electron chi connectivity index (χ3n) is 6.87. The minimum absolute atomic E-state index is 0.356. The predicted octanol–water partition coefficient (Wildman–Crippen LogP) is 8.54. The quantitative estimate of drug-likeness (QED) is 0.265. The van der Waals surface area contributed by atoms with E-state index in [4.69, 9.17) is 14.4 Å². The summed E-state index contributed by atoms with van der Waals surface area (Å²) in [6, 6.07) is 25.4. The fraction of sp³-hybridized carbons (Fsp3) is 0.226. The maximum absolute atomic E-state index is 6.43. The van der Waals surface area contributed by atoms with Gasteiger partial charge in [0.05, 0.1) is 16.8 Å². The second-order valence-corrected chi connectivity index (χ2v) is 9.94. The van der Waals surface area contributed by atoms with Gasteiger partial charge in [0.1, 0.15) is 11.2 Å². The van der Waals surface area contributed by atoms with Gasteiger partial charge in [0, 0.05) is 16.5 Å². The van der Waals surface area contributed by atoms with Crippen LogP contribution < -0.4 is 0 Å². The lowest BCUT2D eigenvalue weighted by atomic mass is 9.92.